The average molecular weight is 584 g/mol. The lowest BCUT2D eigenvalue weighted by Crippen LogP contribution is -2.45. The Morgan fingerprint density at radius 3 is 2.19 bits per heavy atom. The molecule has 1 heterocycles. The molecular weight excluding hydrogens is 563 g/mol. The van der Waals surface area contributed by atoms with Gasteiger partial charge in [-0.05, 0) is 42.5 Å². The lowest BCUT2D eigenvalue weighted by molar-refractivity contribution is -0.119. The number of aliphatic hydroxyl groups excluding tert-OH is 1. The van der Waals surface area contributed by atoms with Gasteiger partial charge in [-0.2, -0.15) is 0 Å². The summed E-state index contributed by atoms with van der Waals surface area (Å²) in [6, 6.07) is 13.7. The number of carbonyl (C=O) groups excluding carboxylic acids is 2. The van der Waals surface area contributed by atoms with Gasteiger partial charge in [-0.15, -0.1) is 0 Å². The first-order chi connectivity index (χ1) is 17.4. The number of halogens is 3. The molecule has 3 amide bonds. The predicted octanol–water partition coefficient (Wildman–Crippen LogP) is 4.57. The number of amides is 3. The van der Waals surface area contributed by atoms with Crippen LogP contribution in [0.3, 0.4) is 0 Å². The van der Waals surface area contributed by atoms with E-state index in [0.717, 1.165) is 0 Å². The fraction of sp³-hybridized carbons (Fsp3) is 0.167. The van der Waals surface area contributed by atoms with Crippen molar-refractivity contribution in [3.05, 3.63) is 75.7 Å². The van der Waals surface area contributed by atoms with Gasteiger partial charge >= 0.3 is 6.03 Å². The van der Waals surface area contributed by atoms with E-state index in [9.17, 15) is 23.1 Å². The molecule has 3 aromatic carbocycles. The Labute approximate surface area is 228 Å². The second-order valence-corrected chi connectivity index (χ2v) is 11.1. The molecule has 0 radical (unpaired) electrons. The number of nitrogens with one attached hydrogen (secondary N) is 2. The Morgan fingerprint density at radius 1 is 0.946 bits per heavy atom. The SMILES string of the molecule is NS(=O)(=O)c1ccccc1-c1c(Cl)cc(NC(=O)C2CC(O)CN2C(=O)Nc2ccc(Cl)cc2)cc1Cl. The van der Waals surface area contributed by atoms with Crippen LogP contribution in [0.1, 0.15) is 6.42 Å². The fourth-order valence-corrected chi connectivity index (χ4v) is 5.63. The number of primary sulfonamides is 1. The van der Waals surface area contributed by atoms with Crippen molar-refractivity contribution < 1.29 is 23.1 Å². The minimum Gasteiger partial charge on any atom is -0.391 e. The summed E-state index contributed by atoms with van der Waals surface area (Å²) in [5.74, 6) is -0.562. The summed E-state index contributed by atoms with van der Waals surface area (Å²) in [4.78, 5) is 27.0. The molecule has 5 N–H and O–H groups in total. The van der Waals surface area contributed by atoms with Crippen LogP contribution in [0.4, 0.5) is 16.2 Å². The summed E-state index contributed by atoms with van der Waals surface area (Å²) in [6.45, 7) is -0.0394. The van der Waals surface area contributed by atoms with Crippen molar-refractivity contribution in [1.29, 1.82) is 0 Å². The Balaban J connectivity index is 1.55. The Hall–Kier alpha value is -2.86. The molecule has 4 rings (SSSR count). The van der Waals surface area contributed by atoms with E-state index in [2.05, 4.69) is 10.6 Å². The molecule has 0 bridgehead atoms. The van der Waals surface area contributed by atoms with Crippen molar-refractivity contribution in [2.45, 2.75) is 23.5 Å². The van der Waals surface area contributed by atoms with Crippen LogP contribution in [0.5, 0.6) is 0 Å². The summed E-state index contributed by atoms with van der Waals surface area (Å²) in [5, 5.41) is 21.5. The van der Waals surface area contributed by atoms with Gasteiger partial charge in [-0.3, -0.25) is 4.79 Å². The Kier molecular flexibility index (Phi) is 7.98. The van der Waals surface area contributed by atoms with Crippen LogP contribution in [0.25, 0.3) is 11.1 Å². The summed E-state index contributed by atoms with van der Waals surface area (Å²) in [5.41, 5.74) is 1.13. The molecule has 0 aliphatic carbocycles. The average Bonchev–Trinajstić information content (AvgIpc) is 3.22. The predicted molar refractivity (Wildman–Crippen MR) is 143 cm³/mol. The lowest BCUT2D eigenvalue weighted by Gasteiger charge is -2.24. The second kappa shape index (κ2) is 10.9. The number of anilines is 2. The summed E-state index contributed by atoms with van der Waals surface area (Å²) in [7, 11) is -4.06. The Morgan fingerprint density at radius 2 is 1.57 bits per heavy atom. The van der Waals surface area contributed by atoms with Gasteiger partial charge in [0.25, 0.3) is 0 Å². The zero-order valence-corrected chi connectivity index (χ0v) is 22.1. The topological polar surface area (TPSA) is 142 Å². The van der Waals surface area contributed by atoms with Crippen molar-refractivity contribution in [3.8, 4) is 11.1 Å². The van der Waals surface area contributed by atoms with E-state index in [4.69, 9.17) is 39.9 Å². The maximum absolute atomic E-state index is 13.1. The summed E-state index contributed by atoms with van der Waals surface area (Å²) in [6.07, 6.45) is -0.864. The highest BCUT2D eigenvalue weighted by atomic mass is 35.5. The first-order valence-electron chi connectivity index (χ1n) is 10.9. The summed E-state index contributed by atoms with van der Waals surface area (Å²) >= 11 is 18.8. The number of β-amino-alcohol motifs (C(OH)–C–C–N with tert-alkyl or cyclic N) is 1. The zero-order chi connectivity index (χ0) is 26.9. The van der Waals surface area contributed by atoms with E-state index in [-0.39, 0.29) is 44.7 Å². The highest BCUT2D eigenvalue weighted by molar-refractivity contribution is 7.89. The molecule has 0 aromatic heterocycles. The van der Waals surface area contributed by atoms with Crippen molar-refractivity contribution in [3.63, 3.8) is 0 Å². The number of sulfonamides is 1. The van der Waals surface area contributed by atoms with Gasteiger partial charge in [0.05, 0.1) is 21.0 Å². The number of rotatable bonds is 5. The van der Waals surface area contributed by atoms with E-state index in [1.807, 2.05) is 0 Å². The van der Waals surface area contributed by atoms with Gasteiger partial charge in [0.15, 0.2) is 0 Å². The van der Waals surface area contributed by atoms with E-state index >= 15 is 0 Å². The van der Waals surface area contributed by atoms with Gasteiger partial charge in [0, 0.05) is 40.5 Å². The standard InChI is InChI=1S/C24H21Cl3N4O5S/c25-13-5-7-14(8-6-13)30-24(34)31-12-16(32)11-20(31)23(33)29-15-9-18(26)22(19(27)10-15)17-3-1-2-4-21(17)37(28,35)36/h1-10,16,20,32H,11-12H2,(H,29,33)(H,30,34)(H2,28,35,36). The van der Waals surface area contributed by atoms with Gasteiger partial charge in [-0.1, -0.05) is 53.0 Å². The molecular formula is C24H21Cl3N4O5S. The second-order valence-electron chi connectivity index (χ2n) is 8.34. The highest BCUT2D eigenvalue weighted by Crippen LogP contribution is 2.40. The van der Waals surface area contributed by atoms with Gasteiger partial charge in [0.1, 0.15) is 6.04 Å². The molecule has 1 saturated heterocycles. The van der Waals surface area contributed by atoms with Crippen molar-refractivity contribution in [2.75, 3.05) is 17.2 Å². The van der Waals surface area contributed by atoms with Crippen LogP contribution >= 0.6 is 34.8 Å². The van der Waals surface area contributed by atoms with Crippen LogP contribution in [0, 0.1) is 0 Å². The van der Waals surface area contributed by atoms with Gasteiger partial charge in [-0.25, -0.2) is 18.4 Å². The number of aliphatic hydroxyl groups is 1. The first-order valence-corrected chi connectivity index (χ1v) is 13.6. The van der Waals surface area contributed by atoms with E-state index < -0.39 is 34.1 Å². The zero-order valence-electron chi connectivity index (χ0n) is 19.0. The molecule has 194 valence electrons. The van der Waals surface area contributed by atoms with Crippen molar-refractivity contribution >= 4 is 68.1 Å². The number of nitrogens with zero attached hydrogens (tertiary/aromatic N) is 1. The van der Waals surface area contributed by atoms with Crippen molar-refractivity contribution in [1.82, 2.24) is 4.90 Å². The first kappa shape index (κ1) is 27.2. The maximum Gasteiger partial charge on any atom is 0.322 e. The Bertz CT molecular complexity index is 1440. The third kappa shape index (κ3) is 6.18. The molecule has 2 atom stereocenters. The number of hydrogen-bond acceptors (Lipinski definition) is 5. The third-order valence-corrected chi connectivity index (χ3v) is 7.53. The van der Waals surface area contributed by atoms with Crippen LogP contribution < -0.4 is 15.8 Å². The molecule has 1 aliphatic heterocycles. The highest BCUT2D eigenvalue weighted by Gasteiger charge is 2.39. The monoisotopic (exact) mass is 582 g/mol. The normalized spacial score (nSPS) is 17.5. The maximum atomic E-state index is 13.1. The minimum atomic E-state index is -4.06. The molecule has 13 heteroatoms. The molecule has 1 fully saturated rings. The van der Waals surface area contributed by atoms with E-state index in [0.29, 0.717) is 10.7 Å². The quantitative estimate of drug-likeness (QED) is 0.348. The largest absolute Gasteiger partial charge is 0.391 e. The van der Waals surface area contributed by atoms with Gasteiger partial charge < -0.3 is 20.6 Å². The van der Waals surface area contributed by atoms with E-state index in [1.165, 1.54) is 35.2 Å². The molecule has 37 heavy (non-hydrogen) atoms. The third-order valence-electron chi connectivity index (χ3n) is 5.71. The van der Waals surface area contributed by atoms with Crippen LogP contribution in [0.15, 0.2) is 65.6 Å². The molecule has 3 aromatic rings. The summed E-state index contributed by atoms with van der Waals surface area (Å²) < 4.78 is 24.0. The van der Waals surface area contributed by atoms with E-state index in [1.54, 1.807) is 30.3 Å². The number of carbonyl (C=O) groups is 2. The lowest BCUT2D eigenvalue weighted by atomic mass is 10.0. The number of hydrogen-bond donors (Lipinski definition) is 4. The smallest absolute Gasteiger partial charge is 0.322 e. The molecule has 2 unspecified atom stereocenters. The van der Waals surface area contributed by atoms with Crippen LogP contribution in [0.2, 0.25) is 15.1 Å². The number of nitrogens with two attached hydrogens (primary N) is 1. The fourth-order valence-electron chi connectivity index (χ4n) is 4.06. The molecule has 0 spiro atoms. The minimum absolute atomic E-state index is 0.0289. The van der Waals surface area contributed by atoms with Crippen LogP contribution in [-0.2, 0) is 14.8 Å². The number of urea groups is 1. The van der Waals surface area contributed by atoms with Gasteiger partial charge in [0.2, 0.25) is 15.9 Å². The number of likely N-dealkylation sites (tertiary alicyclic amines) is 1. The molecule has 0 saturated carbocycles. The van der Waals surface area contributed by atoms with Crippen molar-refractivity contribution in [2.24, 2.45) is 5.14 Å². The number of benzene rings is 3. The molecule has 1 aliphatic rings. The molecule has 9 nitrogen and oxygen atoms in total. The van der Waals surface area contributed by atoms with Crippen LogP contribution in [-0.4, -0.2) is 49.1 Å².